The predicted octanol–water partition coefficient (Wildman–Crippen LogP) is 3.32. The number of carbonyl (C=O) groups excluding carboxylic acids is 1. The molecule has 0 atom stereocenters. The van der Waals surface area contributed by atoms with Gasteiger partial charge in [-0.15, -0.1) is 0 Å². The molecule has 0 aliphatic heterocycles. The number of aryl methyl sites for hydroxylation is 1. The van der Waals surface area contributed by atoms with Crippen LogP contribution in [0.1, 0.15) is 47.7 Å². The lowest BCUT2D eigenvalue weighted by atomic mass is 10.1. The first kappa shape index (κ1) is 16.9. The molecule has 5 nitrogen and oxygen atoms in total. The van der Waals surface area contributed by atoms with Crippen LogP contribution < -0.4 is 10.6 Å². The van der Waals surface area contributed by atoms with E-state index in [1.165, 1.54) is 18.4 Å². The smallest absolute Gasteiger partial charge is 0.254 e. The molecule has 0 bridgehead atoms. The molecule has 5 heteroatoms. The number of amides is 1. The summed E-state index contributed by atoms with van der Waals surface area (Å²) in [5.41, 5.74) is 2.74. The molecular weight excluding hydrogens is 288 g/mol. The quantitative estimate of drug-likeness (QED) is 0.734. The summed E-state index contributed by atoms with van der Waals surface area (Å²) in [6, 6.07) is 8.08. The van der Waals surface area contributed by atoms with Crippen molar-refractivity contribution in [2.75, 3.05) is 11.9 Å². The Morgan fingerprint density at radius 1 is 1.09 bits per heavy atom. The summed E-state index contributed by atoms with van der Waals surface area (Å²) in [6.07, 6.45) is 6.58. The molecule has 0 unspecified atom stereocenters. The highest BCUT2D eigenvalue weighted by atomic mass is 16.1. The summed E-state index contributed by atoms with van der Waals surface area (Å²) in [5, 5.41) is 6.03. The molecule has 0 fully saturated rings. The van der Waals surface area contributed by atoms with E-state index in [0.29, 0.717) is 18.1 Å². The number of nitrogens with zero attached hydrogens (tertiary/aromatic N) is 2. The second-order valence-electron chi connectivity index (χ2n) is 5.60. The zero-order valence-corrected chi connectivity index (χ0v) is 13.8. The molecule has 0 aliphatic carbocycles. The molecule has 0 saturated heterocycles. The van der Waals surface area contributed by atoms with Crippen molar-refractivity contribution >= 4 is 11.9 Å². The number of hydrogen-bond acceptors (Lipinski definition) is 4. The molecule has 2 N–H and O–H groups in total. The zero-order valence-electron chi connectivity index (χ0n) is 13.8. The molecule has 1 aromatic heterocycles. The normalized spacial score (nSPS) is 10.3. The minimum atomic E-state index is -0.164. The lowest BCUT2D eigenvalue weighted by Gasteiger charge is -2.07. The summed E-state index contributed by atoms with van der Waals surface area (Å²) < 4.78 is 0. The average molecular weight is 312 g/mol. The molecule has 0 aliphatic rings. The number of hydrogen-bond donors (Lipinski definition) is 2. The first-order chi connectivity index (χ1) is 11.2. The van der Waals surface area contributed by atoms with Crippen LogP contribution in [0.2, 0.25) is 0 Å². The topological polar surface area (TPSA) is 66.9 Å². The number of aromatic nitrogens is 2. The first-order valence-corrected chi connectivity index (χ1v) is 8.08. The average Bonchev–Trinajstić information content (AvgIpc) is 2.58. The Hall–Kier alpha value is -2.43. The van der Waals surface area contributed by atoms with Gasteiger partial charge in [-0.3, -0.25) is 4.79 Å². The van der Waals surface area contributed by atoms with Gasteiger partial charge in [-0.25, -0.2) is 9.97 Å². The van der Waals surface area contributed by atoms with Gasteiger partial charge in [0.1, 0.15) is 0 Å². The molecule has 0 radical (unpaired) electrons. The van der Waals surface area contributed by atoms with E-state index in [4.69, 9.17) is 0 Å². The van der Waals surface area contributed by atoms with Gasteiger partial charge in [-0.1, -0.05) is 49.6 Å². The van der Waals surface area contributed by atoms with Crippen molar-refractivity contribution in [2.24, 2.45) is 0 Å². The number of nitrogens with one attached hydrogen (secondary N) is 2. The highest BCUT2D eigenvalue weighted by Crippen LogP contribution is 2.05. The fourth-order valence-corrected chi connectivity index (χ4v) is 2.10. The Bertz CT molecular complexity index is 608. The molecule has 1 heterocycles. The second-order valence-corrected chi connectivity index (χ2v) is 5.60. The largest absolute Gasteiger partial charge is 0.354 e. The van der Waals surface area contributed by atoms with Gasteiger partial charge in [0, 0.05) is 25.5 Å². The third-order valence-electron chi connectivity index (χ3n) is 3.55. The summed E-state index contributed by atoms with van der Waals surface area (Å²) in [4.78, 5) is 20.4. The minimum absolute atomic E-state index is 0.164. The van der Waals surface area contributed by atoms with Crippen LogP contribution in [0.15, 0.2) is 36.7 Å². The Kier molecular flexibility index (Phi) is 6.54. The monoisotopic (exact) mass is 312 g/mol. The van der Waals surface area contributed by atoms with E-state index in [2.05, 4.69) is 27.5 Å². The Morgan fingerprint density at radius 3 is 2.43 bits per heavy atom. The van der Waals surface area contributed by atoms with E-state index in [-0.39, 0.29) is 5.91 Å². The minimum Gasteiger partial charge on any atom is -0.354 e. The Morgan fingerprint density at radius 2 is 1.78 bits per heavy atom. The number of carbonyl (C=O) groups is 1. The summed E-state index contributed by atoms with van der Waals surface area (Å²) >= 11 is 0. The van der Waals surface area contributed by atoms with Crippen LogP contribution in [-0.2, 0) is 6.54 Å². The van der Waals surface area contributed by atoms with Crippen LogP contribution >= 0.6 is 0 Å². The van der Waals surface area contributed by atoms with Crippen molar-refractivity contribution in [1.82, 2.24) is 15.3 Å². The molecule has 0 saturated carbocycles. The van der Waals surface area contributed by atoms with Gasteiger partial charge >= 0.3 is 0 Å². The van der Waals surface area contributed by atoms with Crippen LogP contribution in [-0.4, -0.2) is 22.4 Å². The molecular formula is C18H24N4O. The van der Waals surface area contributed by atoms with Gasteiger partial charge in [-0.2, -0.15) is 0 Å². The van der Waals surface area contributed by atoms with E-state index in [1.54, 1.807) is 12.4 Å². The van der Waals surface area contributed by atoms with E-state index < -0.39 is 0 Å². The highest BCUT2D eigenvalue weighted by Gasteiger charge is 2.06. The lowest BCUT2D eigenvalue weighted by molar-refractivity contribution is 0.0950. The zero-order chi connectivity index (χ0) is 16.5. The second kappa shape index (κ2) is 8.88. The SMILES string of the molecule is CCCCCNc1ncc(C(=O)NCc2ccc(C)cc2)cn1. The standard InChI is InChI=1S/C18H24N4O/c1-3-4-5-10-19-18-21-12-16(13-22-18)17(23)20-11-15-8-6-14(2)7-9-15/h6-9,12-13H,3-5,10-11H2,1-2H3,(H,20,23)(H,19,21,22). The van der Waals surface area contributed by atoms with E-state index in [1.807, 2.05) is 31.2 Å². The van der Waals surface area contributed by atoms with Crippen LogP contribution in [0.3, 0.4) is 0 Å². The maximum atomic E-state index is 12.1. The van der Waals surface area contributed by atoms with Crippen molar-refractivity contribution in [1.29, 1.82) is 0 Å². The maximum absolute atomic E-state index is 12.1. The van der Waals surface area contributed by atoms with E-state index in [9.17, 15) is 4.79 Å². The van der Waals surface area contributed by atoms with Gasteiger partial charge in [0.15, 0.2) is 0 Å². The number of unbranched alkanes of at least 4 members (excludes halogenated alkanes) is 2. The van der Waals surface area contributed by atoms with Crippen molar-refractivity contribution in [3.05, 3.63) is 53.3 Å². The molecule has 122 valence electrons. The van der Waals surface area contributed by atoms with Crippen molar-refractivity contribution in [3.63, 3.8) is 0 Å². The molecule has 2 aromatic rings. The van der Waals surface area contributed by atoms with Crippen LogP contribution in [0, 0.1) is 6.92 Å². The van der Waals surface area contributed by atoms with Crippen LogP contribution in [0.25, 0.3) is 0 Å². The van der Waals surface area contributed by atoms with E-state index >= 15 is 0 Å². The fraction of sp³-hybridized carbons (Fsp3) is 0.389. The molecule has 1 amide bonds. The van der Waals surface area contributed by atoms with Crippen molar-refractivity contribution in [2.45, 2.75) is 39.7 Å². The van der Waals surface area contributed by atoms with Crippen molar-refractivity contribution in [3.8, 4) is 0 Å². The summed E-state index contributed by atoms with van der Waals surface area (Å²) in [6.45, 7) is 5.56. The van der Waals surface area contributed by atoms with Gasteiger partial charge < -0.3 is 10.6 Å². The third kappa shape index (κ3) is 5.70. The molecule has 2 rings (SSSR count). The Balaban J connectivity index is 1.81. The lowest BCUT2D eigenvalue weighted by Crippen LogP contribution is -2.23. The molecule has 0 spiro atoms. The van der Waals surface area contributed by atoms with Gasteiger partial charge in [0.2, 0.25) is 5.95 Å². The molecule has 23 heavy (non-hydrogen) atoms. The van der Waals surface area contributed by atoms with Gasteiger partial charge in [0.25, 0.3) is 5.91 Å². The van der Waals surface area contributed by atoms with Gasteiger partial charge in [0.05, 0.1) is 5.56 Å². The fourth-order valence-electron chi connectivity index (χ4n) is 2.10. The highest BCUT2D eigenvalue weighted by molar-refractivity contribution is 5.93. The number of anilines is 1. The summed E-state index contributed by atoms with van der Waals surface area (Å²) in [5.74, 6) is 0.402. The summed E-state index contributed by atoms with van der Waals surface area (Å²) in [7, 11) is 0. The van der Waals surface area contributed by atoms with E-state index in [0.717, 1.165) is 18.5 Å². The third-order valence-corrected chi connectivity index (χ3v) is 3.55. The Labute approximate surface area is 137 Å². The first-order valence-electron chi connectivity index (χ1n) is 8.08. The number of rotatable bonds is 8. The molecule has 1 aromatic carbocycles. The van der Waals surface area contributed by atoms with Gasteiger partial charge in [-0.05, 0) is 18.9 Å². The predicted molar refractivity (Wildman–Crippen MR) is 92.4 cm³/mol. The van der Waals surface area contributed by atoms with Crippen LogP contribution in [0.5, 0.6) is 0 Å². The number of benzene rings is 1. The maximum Gasteiger partial charge on any atom is 0.254 e. The van der Waals surface area contributed by atoms with Crippen LogP contribution in [0.4, 0.5) is 5.95 Å². The van der Waals surface area contributed by atoms with Crippen molar-refractivity contribution < 1.29 is 4.79 Å².